The number of nitrogens with two attached hydrogens (primary N) is 1. The number of pyridine rings is 2. The number of rotatable bonds is 21. The number of alkyl carbamates (subject to hydrolysis) is 5. The summed E-state index contributed by atoms with van der Waals surface area (Å²) in [5, 5.41) is 48.2. The van der Waals surface area contributed by atoms with E-state index in [1.165, 1.54) is 25.7 Å². The van der Waals surface area contributed by atoms with Crippen molar-refractivity contribution in [1.82, 2.24) is 36.6 Å². The van der Waals surface area contributed by atoms with Gasteiger partial charge in [-0.1, -0.05) is 116 Å². The average Bonchev–Trinajstić information content (AvgIpc) is 0.990. The van der Waals surface area contributed by atoms with Crippen molar-refractivity contribution in [2.24, 2.45) is 5.73 Å². The summed E-state index contributed by atoms with van der Waals surface area (Å²) in [6.07, 6.45) is 19.8. The molecule has 4 heterocycles. The van der Waals surface area contributed by atoms with Crippen LogP contribution in [-0.2, 0) is 33.2 Å². The maximum absolute atomic E-state index is 11.5. The number of halogens is 3. The van der Waals surface area contributed by atoms with Crippen LogP contribution in [0.3, 0.4) is 0 Å². The van der Waals surface area contributed by atoms with Crippen molar-refractivity contribution in [2.45, 2.75) is 196 Å². The first-order valence-electron chi connectivity index (χ1n) is 44.7. The number of nitrogens with one attached hydrogen (secondary N) is 5. The summed E-state index contributed by atoms with van der Waals surface area (Å²) in [7, 11) is 0. The lowest BCUT2D eigenvalue weighted by Gasteiger charge is -2.19. The molecule has 5 amide bonds. The number of carbonyl (C=O) groups is 5. The highest BCUT2D eigenvalue weighted by Gasteiger charge is 2.20. The van der Waals surface area contributed by atoms with Crippen LogP contribution in [-0.4, -0.2) is 205 Å². The lowest BCUT2D eigenvalue weighted by atomic mass is 10.1. The summed E-state index contributed by atoms with van der Waals surface area (Å²) in [4.78, 5) is 64.5. The Bertz CT molecular complexity index is 5050. The molecule has 2 fully saturated rings. The number of aromatic hydroxyl groups is 1. The quantitative estimate of drug-likeness (QED) is 0.0181. The molecule has 2 aliphatic rings. The highest BCUT2D eigenvalue weighted by Crippen LogP contribution is 2.21. The molecule has 0 spiro atoms. The predicted octanol–water partition coefficient (Wildman–Crippen LogP) is 18.9. The molecule has 10 rings (SSSR count). The van der Waals surface area contributed by atoms with Crippen molar-refractivity contribution in [3.63, 3.8) is 0 Å². The minimum absolute atomic E-state index is 0. The fraction of sp³-hybridized carbons (Fsp3) is 0.430. The van der Waals surface area contributed by atoms with E-state index in [4.69, 9.17) is 90.7 Å². The van der Waals surface area contributed by atoms with E-state index in [0.29, 0.717) is 88.8 Å². The van der Waals surface area contributed by atoms with Crippen LogP contribution in [0.15, 0.2) is 204 Å². The van der Waals surface area contributed by atoms with Gasteiger partial charge in [-0.25, -0.2) is 24.0 Å². The van der Waals surface area contributed by atoms with Crippen LogP contribution in [0.5, 0.6) is 34.5 Å². The molecule has 2 aromatic heterocycles. The summed E-state index contributed by atoms with van der Waals surface area (Å²) in [5.74, 6) is 26.5. The van der Waals surface area contributed by atoms with E-state index in [-0.39, 0.29) is 25.6 Å². The molecule has 139 heavy (non-hydrogen) atoms. The number of hydrogen-bond donors (Lipinski definition) is 10. The first-order valence-corrected chi connectivity index (χ1v) is 46.3. The molecule has 32 heteroatoms. The Morgan fingerprint density at radius 2 is 0.655 bits per heavy atom. The van der Waals surface area contributed by atoms with Gasteiger partial charge in [-0.3, -0.25) is 9.97 Å². The molecule has 0 atom stereocenters. The van der Waals surface area contributed by atoms with E-state index in [1.54, 1.807) is 104 Å². The van der Waals surface area contributed by atoms with Crippen molar-refractivity contribution >= 4 is 74.7 Å². The van der Waals surface area contributed by atoms with Crippen LogP contribution < -0.4 is 56.0 Å². The summed E-state index contributed by atoms with van der Waals surface area (Å²) in [5.41, 5.74) is 5.98. The molecule has 0 saturated carbocycles. The topological polar surface area (TPSA) is 389 Å². The van der Waals surface area contributed by atoms with E-state index in [9.17, 15) is 29.1 Å². The number of hydrogen-bond acceptors (Lipinski definition) is 24. The first kappa shape index (κ1) is 127. The highest BCUT2D eigenvalue weighted by molar-refractivity contribution is 9.10. The summed E-state index contributed by atoms with van der Waals surface area (Å²) in [6.45, 7) is 41.6. The Kier molecular flexibility index (Phi) is 64.7. The third kappa shape index (κ3) is 79.2. The highest BCUT2D eigenvalue weighted by atomic mass is 79.9. The monoisotopic (exact) mass is 2070 g/mol. The number of nitrogens with zero attached hydrogens (tertiary/aromatic N) is 2. The Morgan fingerprint density at radius 3 is 0.906 bits per heavy atom. The summed E-state index contributed by atoms with van der Waals surface area (Å²) >= 11 is 6.56. The number of aliphatic hydroxyl groups is 3. The zero-order valence-electron chi connectivity index (χ0n) is 83.6. The number of phenols is 1. The molecule has 0 unspecified atom stereocenters. The number of aromatic nitrogens is 2. The second-order valence-corrected chi connectivity index (χ2v) is 37.1. The van der Waals surface area contributed by atoms with Crippen LogP contribution >= 0.6 is 44.3 Å². The number of ether oxygens (including phenoxy) is 12. The molecule has 0 bridgehead atoms. The third-order valence-electron chi connectivity index (χ3n) is 15.0. The van der Waals surface area contributed by atoms with Crippen molar-refractivity contribution < 1.29 is 101 Å². The van der Waals surface area contributed by atoms with Crippen LogP contribution in [0.2, 0.25) is 0 Å². The van der Waals surface area contributed by atoms with Gasteiger partial charge in [-0.2, -0.15) is 0 Å². The number of terminal acetylenes is 2. The largest absolute Gasteiger partial charge is 0.508 e. The van der Waals surface area contributed by atoms with Gasteiger partial charge >= 0.3 is 30.5 Å². The van der Waals surface area contributed by atoms with Gasteiger partial charge < -0.3 is 110 Å². The number of carbonyl (C=O) groups excluding carboxylic acids is 5. The maximum atomic E-state index is 11.5. The minimum Gasteiger partial charge on any atom is -0.508 e. The van der Waals surface area contributed by atoms with Crippen molar-refractivity contribution in [3.8, 4) is 94.7 Å². The van der Waals surface area contributed by atoms with Gasteiger partial charge in [0, 0.05) is 107 Å². The molecular formula is C107H143Br2ClN8O21. The van der Waals surface area contributed by atoms with E-state index in [0.717, 1.165) is 80.3 Å². The zero-order valence-corrected chi connectivity index (χ0v) is 87.6. The van der Waals surface area contributed by atoms with Gasteiger partial charge in [-0.05, 0) is 291 Å². The Hall–Kier alpha value is -12.4. The van der Waals surface area contributed by atoms with Crippen molar-refractivity contribution in [3.05, 3.63) is 237 Å². The van der Waals surface area contributed by atoms with E-state index in [1.807, 2.05) is 223 Å². The molecule has 758 valence electrons. The van der Waals surface area contributed by atoms with Crippen molar-refractivity contribution in [1.29, 1.82) is 0 Å². The van der Waals surface area contributed by atoms with E-state index >= 15 is 0 Å². The SMILES string of the molecule is C#CC(C)(C)O.C#Cc1cccc(OCCNC(=O)OC(C)(C)C)c1.C1CCOC1.C1CCOC1.CC(C)(C)OC(=O)NCCO.CC(C)(C)OC(=O)NCCOc1cccc(Br)c1.CC(C)(C)OC(=O)NCCOc1cccc(C#Cc2cccnc2)c1.CC(C)(O)C#Cc1cccc(OCCNC(=O)OC(C)(C)C)c1.Cl.NCCOc1cccc(C#Cc2cccnc2)c1.Oc1cccc(Br)c1. The lowest BCUT2D eigenvalue weighted by molar-refractivity contribution is 0.0507. The smallest absolute Gasteiger partial charge is 0.407 e. The number of benzene rings is 6. The third-order valence-corrected chi connectivity index (χ3v) is 16.0. The van der Waals surface area contributed by atoms with Crippen LogP contribution in [0.1, 0.15) is 191 Å². The van der Waals surface area contributed by atoms with Gasteiger partial charge in [-0.15, -0.1) is 25.3 Å². The second-order valence-electron chi connectivity index (χ2n) is 35.2. The van der Waals surface area contributed by atoms with Gasteiger partial charge in [0.15, 0.2) is 0 Å². The number of phenolic OH excluding ortho intramolecular Hbond substituents is 1. The Labute approximate surface area is 846 Å². The fourth-order valence-electron chi connectivity index (χ4n) is 9.30. The van der Waals surface area contributed by atoms with Crippen molar-refractivity contribution in [2.75, 3.05) is 105 Å². The number of amides is 5. The van der Waals surface area contributed by atoms with Crippen LogP contribution in [0, 0.1) is 60.2 Å². The molecule has 8 aromatic rings. The molecule has 6 aromatic carbocycles. The molecule has 2 aliphatic heterocycles. The Balaban J connectivity index is 0.00000158. The normalized spacial score (nSPS) is 11.3. The molecule has 29 nitrogen and oxygen atoms in total. The first-order chi connectivity index (χ1) is 64.9. The molecule has 0 aliphatic carbocycles. The van der Waals surface area contributed by atoms with Crippen LogP contribution in [0.25, 0.3) is 0 Å². The number of aliphatic hydroxyl groups excluding tert-OH is 1. The van der Waals surface area contributed by atoms with E-state index in [2.05, 4.69) is 116 Å². The molecule has 11 N–H and O–H groups in total. The standard InChI is InChI=1S/C20H22N2O3.C18H25NO4.C15H14N2O.C15H19NO3.C13H18BrNO3.C7H15NO3.C6H5BrO.C5H8O.2C4H8O.ClH/c1-20(2,3)25-19(23)22-12-13-24-18-8-4-6-16(14-18)9-10-17-7-5-11-21-15-17;1-17(2,3)23-16(20)19-11-12-22-15-8-6-7-14(13-15)9-10-18(4,5)21;16-8-10-18-15-5-1-3-13(11-15)6-7-14-4-2-9-17-12-14;1-5-12-7-6-8-13(11-12)18-10-9-16-14(17)19-15(2,3)4;1-13(2,3)18-12(16)15-7-8-17-11-6-4-5-10(14)9-11;1-7(2,3)11-6(10)8-4-5-9;7-5-2-1-3-6(8)4-5;1-4-5(2,3)6;2*1-2-4-5-3-1;/h4-8,11,14-15H,12-13H2,1-3H3,(H,22,23);6-8,13,21H,11-12H2,1-5H3,(H,19,20);1-5,9,11-12H,8,10,16H2;1,6-8,11H,9-10H2,2-4H3,(H,16,17);4-6,9H,7-8H2,1-3H3,(H,15,16);9H,4-5H2,1-3H3,(H,8,10);1-4,8H;1,6H,2-3H3;2*1-4H2;1H. The van der Waals surface area contributed by atoms with Crippen LogP contribution in [0.4, 0.5) is 24.0 Å². The Morgan fingerprint density at radius 1 is 0.381 bits per heavy atom. The lowest BCUT2D eigenvalue weighted by Crippen LogP contribution is -2.34. The molecule has 0 radical (unpaired) electrons. The van der Waals surface area contributed by atoms with Gasteiger partial charge in [0.25, 0.3) is 0 Å². The maximum Gasteiger partial charge on any atom is 0.407 e. The molecular weight excluding hydrogens is 1930 g/mol. The zero-order chi connectivity index (χ0) is 103. The van der Waals surface area contributed by atoms with Gasteiger partial charge in [0.1, 0.15) is 107 Å². The fourth-order valence-corrected chi connectivity index (χ4v) is 10.1. The minimum atomic E-state index is -1.03. The molecule has 2 saturated heterocycles. The summed E-state index contributed by atoms with van der Waals surface area (Å²) < 4.78 is 64.7. The second kappa shape index (κ2) is 71.1. The summed E-state index contributed by atoms with van der Waals surface area (Å²) in [6, 6.07) is 51.6. The average molecular weight is 2070 g/mol. The predicted molar refractivity (Wildman–Crippen MR) is 555 cm³/mol. The van der Waals surface area contributed by atoms with Gasteiger partial charge in [0.2, 0.25) is 0 Å². The van der Waals surface area contributed by atoms with Gasteiger partial charge in [0.05, 0.1) is 32.8 Å². The van der Waals surface area contributed by atoms with E-state index < -0.39 is 69.7 Å².